The number of carbonyl (C=O) groups is 1. The van der Waals surface area contributed by atoms with Crippen LogP contribution in [0.1, 0.15) is 24.4 Å². The molecule has 120 valence electrons. The van der Waals surface area contributed by atoms with Gasteiger partial charge in [-0.2, -0.15) is 0 Å². The van der Waals surface area contributed by atoms with Gasteiger partial charge in [-0.05, 0) is 54.8 Å². The van der Waals surface area contributed by atoms with Gasteiger partial charge in [-0.3, -0.25) is 0 Å². The first-order chi connectivity index (χ1) is 11.2. The van der Waals surface area contributed by atoms with Gasteiger partial charge in [0, 0.05) is 17.3 Å². The summed E-state index contributed by atoms with van der Waals surface area (Å²) < 4.78 is 5.19. The summed E-state index contributed by atoms with van der Waals surface area (Å²) >= 11 is 5.87. The lowest BCUT2D eigenvalue weighted by molar-refractivity contribution is 0.207. The average Bonchev–Trinajstić information content (AvgIpc) is 3.07. The maximum absolute atomic E-state index is 12.6. The number of likely N-dealkylation sites (tertiary alicyclic amines) is 1. The maximum Gasteiger partial charge on any atom is 0.322 e. The van der Waals surface area contributed by atoms with Crippen molar-refractivity contribution in [2.24, 2.45) is 0 Å². The summed E-state index contributed by atoms with van der Waals surface area (Å²) in [6.45, 7) is 0.760. The summed E-state index contributed by atoms with van der Waals surface area (Å²) in [7, 11) is 1.65. The number of anilines is 1. The van der Waals surface area contributed by atoms with Crippen LogP contribution in [0.25, 0.3) is 0 Å². The van der Waals surface area contributed by atoms with Crippen LogP contribution in [-0.2, 0) is 0 Å². The number of ether oxygens (including phenoxy) is 1. The molecule has 1 aliphatic heterocycles. The van der Waals surface area contributed by atoms with E-state index in [-0.39, 0.29) is 12.1 Å². The van der Waals surface area contributed by atoms with E-state index in [1.165, 1.54) is 0 Å². The number of rotatable bonds is 3. The minimum Gasteiger partial charge on any atom is -0.497 e. The summed E-state index contributed by atoms with van der Waals surface area (Å²) in [5, 5.41) is 3.59. The van der Waals surface area contributed by atoms with Crippen LogP contribution in [0.5, 0.6) is 5.75 Å². The largest absolute Gasteiger partial charge is 0.497 e. The number of amides is 2. The van der Waals surface area contributed by atoms with Crippen molar-refractivity contribution in [3.05, 3.63) is 59.1 Å². The highest BCUT2D eigenvalue weighted by Gasteiger charge is 2.29. The molecule has 1 heterocycles. The van der Waals surface area contributed by atoms with Crippen LogP contribution < -0.4 is 10.1 Å². The standard InChI is InChI=1S/C18H19ClN2O2/c1-23-16-10-4-13(5-11-16)17-3-2-12-21(17)18(22)20-15-8-6-14(19)7-9-15/h4-11,17H,2-3,12H2,1H3,(H,20,22)/t17-/m1/s1. The van der Waals surface area contributed by atoms with Gasteiger partial charge in [-0.25, -0.2) is 4.79 Å². The van der Waals surface area contributed by atoms with Crippen molar-refractivity contribution in [2.75, 3.05) is 19.0 Å². The molecule has 0 bridgehead atoms. The molecule has 1 aliphatic rings. The van der Waals surface area contributed by atoms with Crippen molar-refractivity contribution in [3.8, 4) is 5.75 Å². The molecular weight excluding hydrogens is 312 g/mol. The molecule has 1 N–H and O–H groups in total. The first kappa shape index (κ1) is 15.7. The van der Waals surface area contributed by atoms with E-state index in [0.717, 1.165) is 36.4 Å². The normalized spacial score (nSPS) is 17.1. The van der Waals surface area contributed by atoms with Gasteiger partial charge in [0.2, 0.25) is 0 Å². The quantitative estimate of drug-likeness (QED) is 0.884. The predicted molar refractivity (Wildman–Crippen MR) is 92.1 cm³/mol. The molecule has 3 rings (SSSR count). The second-order valence-corrected chi connectivity index (χ2v) is 6.00. The number of nitrogens with one attached hydrogen (secondary N) is 1. The number of halogens is 1. The number of nitrogens with zero attached hydrogens (tertiary/aromatic N) is 1. The second kappa shape index (κ2) is 6.92. The Bertz CT molecular complexity index is 670. The third-order valence-corrected chi connectivity index (χ3v) is 4.36. The molecule has 0 unspecified atom stereocenters. The van der Waals surface area contributed by atoms with Crippen LogP contribution in [0.4, 0.5) is 10.5 Å². The van der Waals surface area contributed by atoms with Gasteiger partial charge in [0.1, 0.15) is 5.75 Å². The van der Waals surface area contributed by atoms with Gasteiger partial charge in [0.15, 0.2) is 0 Å². The van der Waals surface area contributed by atoms with Crippen molar-refractivity contribution in [1.82, 2.24) is 4.90 Å². The topological polar surface area (TPSA) is 41.6 Å². The highest BCUT2D eigenvalue weighted by Crippen LogP contribution is 2.33. The van der Waals surface area contributed by atoms with Gasteiger partial charge in [-0.15, -0.1) is 0 Å². The Labute approximate surface area is 141 Å². The fourth-order valence-corrected chi connectivity index (χ4v) is 3.04. The molecule has 0 spiro atoms. The highest BCUT2D eigenvalue weighted by atomic mass is 35.5. The van der Waals surface area contributed by atoms with Crippen LogP contribution in [0.2, 0.25) is 5.02 Å². The second-order valence-electron chi connectivity index (χ2n) is 5.56. The molecule has 0 aromatic heterocycles. The Balaban J connectivity index is 1.72. The van der Waals surface area contributed by atoms with E-state index in [9.17, 15) is 4.79 Å². The van der Waals surface area contributed by atoms with E-state index in [0.29, 0.717) is 5.02 Å². The Morgan fingerprint density at radius 2 is 1.87 bits per heavy atom. The van der Waals surface area contributed by atoms with Gasteiger partial charge in [0.05, 0.1) is 13.2 Å². The first-order valence-electron chi connectivity index (χ1n) is 7.64. The lowest BCUT2D eigenvalue weighted by Crippen LogP contribution is -2.34. The zero-order valence-corrected chi connectivity index (χ0v) is 13.7. The van der Waals surface area contributed by atoms with Gasteiger partial charge in [-0.1, -0.05) is 23.7 Å². The Hall–Kier alpha value is -2.20. The molecule has 0 radical (unpaired) electrons. The summed E-state index contributed by atoms with van der Waals surface area (Å²) in [5.74, 6) is 0.823. The molecular formula is C18H19ClN2O2. The molecule has 1 fully saturated rings. The number of carbonyl (C=O) groups excluding carboxylic acids is 1. The SMILES string of the molecule is COc1ccc([C@H]2CCCN2C(=O)Nc2ccc(Cl)cc2)cc1. The zero-order valence-electron chi connectivity index (χ0n) is 13.0. The number of urea groups is 1. The number of methoxy groups -OCH3 is 1. The molecule has 4 nitrogen and oxygen atoms in total. The lowest BCUT2D eigenvalue weighted by Gasteiger charge is -2.25. The van der Waals surface area contributed by atoms with Crippen LogP contribution in [0.15, 0.2) is 48.5 Å². The molecule has 0 aliphatic carbocycles. The fourth-order valence-electron chi connectivity index (χ4n) is 2.91. The number of benzene rings is 2. The van der Waals surface area contributed by atoms with E-state index in [2.05, 4.69) is 5.32 Å². The van der Waals surface area contributed by atoms with Crippen molar-refractivity contribution in [3.63, 3.8) is 0 Å². The van der Waals surface area contributed by atoms with E-state index in [4.69, 9.17) is 16.3 Å². The maximum atomic E-state index is 12.6. The van der Waals surface area contributed by atoms with E-state index >= 15 is 0 Å². The molecule has 2 aromatic rings. The van der Waals surface area contributed by atoms with Crippen molar-refractivity contribution >= 4 is 23.3 Å². The van der Waals surface area contributed by atoms with Gasteiger partial charge < -0.3 is 15.0 Å². The van der Waals surface area contributed by atoms with Crippen LogP contribution in [-0.4, -0.2) is 24.6 Å². The first-order valence-corrected chi connectivity index (χ1v) is 8.02. The zero-order chi connectivity index (χ0) is 16.2. The molecule has 5 heteroatoms. The summed E-state index contributed by atoms with van der Waals surface area (Å²) in [5.41, 5.74) is 1.88. The lowest BCUT2D eigenvalue weighted by atomic mass is 10.0. The predicted octanol–water partition coefficient (Wildman–Crippen LogP) is 4.72. The van der Waals surface area contributed by atoms with Crippen LogP contribution in [0.3, 0.4) is 0 Å². The average molecular weight is 331 g/mol. The minimum atomic E-state index is -0.0781. The van der Waals surface area contributed by atoms with E-state index < -0.39 is 0 Å². The fraction of sp³-hybridized carbons (Fsp3) is 0.278. The molecule has 2 amide bonds. The third kappa shape index (κ3) is 3.59. The number of hydrogen-bond donors (Lipinski definition) is 1. The Morgan fingerprint density at radius 3 is 2.52 bits per heavy atom. The number of hydrogen-bond acceptors (Lipinski definition) is 2. The molecule has 2 aromatic carbocycles. The smallest absolute Gasteiger partial charge is 0.322 e. The highest BCUT2D eigenvalue weighted by molar-refractivity contribution is 6.30. The summed E-state index contributed by atoms with van der Waals surface area (Å²) in [6, 6.07) is 15.1. The van der Waals surface area contributed by atoms with Crippen molar-refractivity contribution < 1.29 is 9.53 Å². The molecule has 1 atom stereocenters. The van der Waals surface area contributed by atoms with E-state index in [1.54, 1.807) is 31.4 Å². The summed E-state index contributed by atoms with van der Waals surface area (Å²) in [4.78, 5) is 14.4. The molecule has 0 saturated carbocycles. The van der Waals surface area contributed by atoms with E-state index in [1.807, 2.05) is 29.2 Å². The Kier molecular flexibility index (Phi) is 4.72. The van der Waals surface area contributed by atoms with Crippen molar-refractivity contribution in [1.29, 1.82) is 0 Å². The minimum absolute atomic E-state index is 0.0781. The molecule has 1 saturated heterocycles. The van der Waals surface area contributed by atoms with Crippen LogP contribution in [0, 0.1) is 0 Å². The monoisotopic (exact) mass is 330 g/mol. The third-order valence-electron chi connectivity index (χ3n) is 4.11. The molecule has 23 heavy (non-hydrogen) atoms. The van der Waals surface area contributed by atoms with Gasteiger partial charge in [0.25, 0.3) is 0 Å². The van der Waals surface area contributed by atoms with Gasteiger partial charge >= 0.3 is 6.03 Å². The van der Waals surface area contributed by atoms with Crippen LogP contribution >= 0.6 is 11.6 Å². The summed E-state index contributed by atoms with van der Waals surface area (Å²) in [6.07, 6.45) is 1.98. The van der Waals surface area contributed by atoms with Crippen molar-refractivity contribution in [2.45, 2.75) is 18.9 Å². The Morgan fingerprint density at radius 1 is 1.17 bits per heavy atom.